The van der Waals surface area contributed by atoms with E-state index in [4.69, 9.17) is 28.5 Å². The first-order valence-electron chi connectivity index (χ1n) is 7.55. The van der Waals surface area contributed by atoms with Crippen molar-refractivity contribution in [2.45, 2.75) is 0 Å². The summed E-state index contributed by atoms with van der Waals surface area (Å²) in [5.41, 5.74) is 2.46. The van der Waals surface area contributed by atoms with Crippen LogP contribution in [0.1, 0.15) is 16.1 Å². The van der Waals surface area contributed by atoms with Crippen LogP contribution in [-0.2, 0) is 0 Å². The van der Waals surface area contributed by atoms with Crippen LogP contribution in [-0.4, -0.2) is 10.9 Å². The lowest BCUT2D eigenvalue weighted by molar-refractivity contribution is 0.102. The molecule has 0 aliphatic carbocycles. The van der Waals surface area contributed by atoms with Crippen molar-refractivity contribution in [3.8, 4) is 6.07 Å². The summed E-state index contributed by atoms with van der Waals surface area (Å²) in [6, 6.07) is 17.2. The number of benzene rings is 2. The first kappa shape index (κ1) is 17.7. The summed E-state index contributed by atoms with van der Waals surface area (Å²) < 4.78 is 0. The smallest absolute Gasteiger partial charge is 0.274 e. The topological polar surface area (TPSA) is 77.8 Å². The zero-order valence-electron chi connectivity index (χ0n) is 13.3. The molecule has 3 aromatic rings. The number of hydrogen-bond donors (Lipinski definition) is 2. The van der Waals surface area contributed by atoms with E-state index in [0.29, 0.717) is 32.7 Å². The van der Waals surface area contributed by atoms with Gasteiger partial charge in [0.25, 0.3) is 5.91 Å². The Balaban J connectivity index is 1.79. The van der Waals surface area contributed by atoms with Crippen LogP contribution in [0.15, 0.2) is 60.8 Å². The van der Waals surface area contributed by atoms with Crippen molar-refractivity contribution < 1.29 is 4.79 Å². The number of hydrogen-bond acceptors (Lipinski definition) is 4. The minimum absolute atomic E-state index is 0.218. The molecule has 2 N–H and O–H groups in total. The maximum absolute atomic E-state index is 12.4. The van der Waals surface area contributed by atoms with Gasteiger partial charge >= 0.3 is 0 Å². The fourth-order valence-electron chi connectivity index (χ4n) is 2.25. The molecule has 0 saturated heterocycles. The van der Waals surface area contributed by atoms with Gasteiger partial charge in [-0.3, -0.25) is 9.78 Å². The van der Waals surface area contributed by atoms with Gasteiger partial charge in [0.15, 0.2) is 0 Å². The van der Waals surface area contributed by atoms with E-state index in [0.717, 1.165) is 0 Å². The third-order valence-electron chi connectivity index (χ3n) is 3.47. The Morgan fingerprint density at radius 2 is 1.85 bits per heavy atom. The van der Waals surface area contributed by atoms with Crippen molar-refractivity contribution >= 4 is 46.2 Å². The Morgan fingerprint density at radius 1 is 1.04 bits per heavy atom. The second-order valence-corrected chi connectivity index (χ2v) is 6.09. The molecule has 1 aromatic heterocycles. The quantitative estimate of drug-likeness (QED) is 0.645. The van der Waals surface area contributed by atoms with Gasteiger partial charge < -0.3 is 10.6 Å². The Kier molecular flexibility index (Phi) is 5.37. The van der Waals surface area contributed by atoms with Gasteiger partial charge in [-0.05, 0) is 42.5 Å². The third kappa shape index (κ3) is 4.12. The highest BCUT2D eigenvalue weighted by molar-refractivity contribution is 6.43. The molecule has 0 fully saturated rings. The summed E-state index contributed by atoms with van der Waals surface area (Å²) in [5, 5.41) is 15.6. The lowest BCUT2D eigenvalue weighted by atomic mass is 10.2. The normalized spacial score (nSPS) is 10.0. The molecule has 3 rings (SSSR count). The Labute approximate surface area is 160 Å². The van der Waals surface area contributed by atoms with E-state index in [1.54, 1.807) is 54.6 Å². The number of nitriles is 1. The van der Waals surface area contributed by atoms with Crippen molar-refractivity contribution in [2.24, 2.45) is 0 Å². The number of carbonyl (C=O) groups is 1. The maximum Gasteiger partial charge on any atom is 0.274 e. The standard InChI is InChI=1S/C19H12Cl2N4O/c20-15-5-2-6-16(18(15)21)24-14-7-8-23-17(10-14)19(26)25-13-4-1-3-12(9-13)11-22/h1-10H,(H,23,24)(H,25,26). The summed E-state index contributed by atoms with van der Waals surface area (Å²) in [4.78, 5) is 16.5. The second-order valence-electron chi connectivity index (χ2n) is 5.30. The van der Waals surface area contributed by atoms with Gasteiger partial charge in [0.1, 0.15) is 5.69 Å². The third-order valence-corrected chi connectivity index (χ3v) is 4.29. The lowest BCUT2D eigenvalue weighted by Gasteiger charge is -2.10. The molecule has 0 aliphatic rings. The number of rotatable bonds is 4. The zero-order valence-corrected chi connectivity index (χ0v) is 14.8. The van der Waals surface area contributed by atoms with Gasteiger partial charge in [-0.1, -0.05) is 35.3 Å². The van der Waals surface area contributed by atoms with Crippen molar-refractivity contribution in [3.05, 3.63) is 82.1 Å². The van der Waals surface area contributed by atoms with E-state index < -0.39 is 0 Å². The molecular formula is C19H12Cl2N4O. The minimum atomic E-state index is -0.388. The van der Waals surface area contributed by atoms with Crippen molar-refractivity contribution in [2.75, 3.05) is 10.6 Å². The number of pyridine rings is 1. The Hall–Kier alpha value is -3.07. The molecule has 0 saturated carbocycles. The molecule has 0 spiro atoms. The molecule has 5 nitrogen and oxygen atoms in total. The molecule has 0 aliphatic heterocycles. The monoisotopic (exact) mass is 382 g/mol. The van der Waals surface area contributed by atoms with E-state index in [1.807, 2.05) is 6.07 Å². The van der Waals surface area contributed by atoms with Crippen molar-refractivity contribution in [1.82, 2.24) is 4.98 Å². The summed E-state index contributed by atoms with van der Waals surface area (Å²) in [6.45, 7) is 0. The van der Waals surface area contributed by atoms with Crippen LogP contribution < -0.4 is 10.6 Å². The first-order valence-corrected chi connectivity index (χ1v) is 8.31. The highest BCUT2D eigenvalue weighted by atomic mass is 35.5. The first-order chi connectivity index (χ1) is 12.6. The number of carbonyl (C=O) groups excluding carboxylic acids is 1. The number of aromatic nitrogens is 1. The number of amides is 1. The number of nitrogens with zero attached hydrogens (tertiary/aromatic N) is 2. The van der Waals surface area contributed by atoms with Crippen molar-refractivity contribution in [1.29, 1.82) is 5.26 Å². The van der Waals surface area contributed by atoms with Gasteiger partial charge in [-0.25, -0.2) is 0 Å². The Bertz CT molecular complexity index is 1010. The van der Waals surface area contributed by atoms with E-state index >= 15 is 0 Å². The lowest BCUT2D eigenvalue weighted by Crippen LogP contribution is -2.13. The Morgan fingerprint density at radius 3 is 2.65 bits per heavy atom. The van der Waals surface area contributed by atoms with Gasteiger partial charge in [0.2, 0.25) is 0 Å². The number of nitrogens with one attached hydrogen (secondary N) is 2. The maximum atomic E-state index is 12.4. The molecule has 1 amide bonds. The van der Waals surface area contributed by atoms with Crippen LogP contribution in [0.2, 0.25) is 10.0 Å². The molecule has 2 aromatic carbocycles. The fraction of sp³-hybridized carbons (Fsp3) is 0. The average molecular weight is 383 g/mol. The molecule has 0 radical (unpaired) electrons. The number of anilines is 3. The van der Waals surface area contributed by atoms with Gasteiger partial charge in [-0.2, -0.15) is 5.26 Å². The van der Waals surface area contributed by atoms with E-state index in [-0.39, 0.29) is 11.6 Å². The molecule has 1 heterocycles. The molecular weight excluding hydrogens is 371 g/mol. The SMILES string of the molecule is N#Cc1cccc(NC(=O)c2cc(Nc3cccc(Cl)c3Cl)ccn2)c1. The van der Waals surface area contributed by atoms with Crippen molar-refractivity contribution in [3.63, 3.8) is 0 Å². The second kappa shape index (κ2) is 7.87. The predicted octanol–water partition coefficient (Wildman–Crippen LogP) is 5.26. The summed E-state index contributed by atoms with van der Waals surface area (Å²) in [7, 11) is 0. The average Bonchev–Trinajstić information content (AvgIpc) is 2.66. The zero-order chi connectivity index (χ0) is 18.5. The van der Waals surface area contributed by atoms with Gasteiger partial charge in [0.05, 0.1) is 27.4 Å². The fourth-order valence-corrected chi connectivity index (χ4v) is 2.60. The molecule has 0 bridgehead atoms. The molecule has 7 heteroatoms. The highest BCUT2D eigenvalue weighted by Crippen LogP contribution is 2.31. The van der Waals surface area contributed by atoms with Crippen LogP contribution in [0.25, 0.3) is 0 Å². The van der Waals surface area contributed by atoms with E-state index in [1.165, 1.54) is 6.20 Å². The van der Waals surface area contributed by atoms with E-state index in [9.17, 15) is 4.79 Å². The van der Waals surface area contributed by atoms with Gasteiger partial charge in [-0.15, -0.1) is 0 Å². The molecule has 0 unspecified atom stereocenters. The van der Waals surface area contributed by atoms with Crippen LogP contribution >= 0.6 is 23.2 Å². The summed E-state index contributed by atoms with van der Waals surface area (Å²) in [5.74, 6) is -0.388. The minimum Gasteiger partial charge on any atom is -0.354 e. The summed E-state index contributed by atoms with van der Waals surface area (Å²) >= 11 is 12.2. The largest absolute Gasteiger partial charge is 0.354 e. The van der Waals surface area contributed by atoms with E-state index in [2.05, 4.69) is 15.6 Å². The van der Waals surface area contributed by atoms with Crippen LogP contribution in [0.5, 0.6) is 0 Å². The van der Waals surface area contributed by atoms with Crippen LogP contribution in [0, 0.1) is 11.3 Å². The van der Waals surface area contributed by atoms with Gasteiger partial charge in [0, 0.05) is 17.6 Å². The number of halogens is 2. The predicted molar refractivity (Wildman–Crippen MR) is 103 cm³/mol. The van der Waals surface area contributed by atoms with Crippen LogP contribution in [0.3, 0.4) is 0 Å². The summed E-state index contributed by atoms with van der Waals surface area (Å²) in [6.07, 6.45) is 1.52. The highest BCUT2D eigenvalue weighted by Gasteiger charge is 2.10. The molecule has 128 valence electrons. The van der Waals surface area contributed by atoms with Crippen LogP contribution in [0.4, 0.5) is 17.1 Å². The molecule has 26 heavy (non-hydrogen) atoms. The molecule has 0 atom stereocenters.